The molecule has 0 aliphatic heterocycles. The smallest absolute Gasteiger partial charge is 0.0619 e. The van der Waals surface area contributed by atoms with Crippen LogP contribution in [0.3, 0.4) is 0 Å². The highest BCUT2D eigenvalue weighted by atomic mass is 14.5. The first-order valence-electron chi connectivity index (χ1n) is 21.5. The van der Waals surface area contributed by atoms with Gasteiger partial charge in [0.05, 0.1) is 5.41 Å². The molecule has 1 spiro atoms. The number of fused-ring (bicyclic) bond motifs is 12. The summed E-state index contributed by atoms with van der Waals surface area (Å²) >= 11 is 0. The van der Waals surface area contributed by atoms with E-state index in [0.717, 1.165) is 0 Å². The molecule has 0 unspecified atom stereocenters. The SMILES string of the molecule is c1ccc2c(c1)-c1ccccc1C21c2cc(-c3ccc4ccc5cccc6ccc3c4c56)ccc2-c2ccc3cc(-c4cc5ccc6cccc7ccc(c4)c5c67)ccc3c21. The fraction of sp³-hybridized carbons (Fsp3) is 0.0164. The first-order valence-corrected chi connectivity index (χ1v) is 21.5. The molecule has 0 saturated heterocycles. The average Bonchev–Trinajstić information content (AvgIpc) is 3.79. The molecule has 278 valence electrons. The predicted octanol–water partition coefficient (Wildman–Crippen LogP) is 16.3. The molecule has 13 aromatic carbocycles. The quantitative estimate of drug-likeness (QED) is 0.154. The van der Waals surface area contributed by atoms with Gasteiger partial charge in [-0.1, -0.05) is 182 Å². The Labute approximate surface area is 352 Å². The second kappa shape index (κ2) is 11.3. The van der Waals surface area contributed by atoms with E-state index in [1.54, 1.807) is 0 Å². The van der Waals surface area contributed by atoms with Crippen molar-refractivity contribution in [1.82, 2.24) is 0 Å². The Morgan fingerprint density at radius 3 is 1.38 bits per heavy atom. The third-order valence-corrected chi connectivity index (χ3v) is 14.7. The van der Waals surface area contributed by atoms with E-state index in [-0.39, 0.29) is 0 Å². The van der Waals surface area contributed by atoms with Gasteiger partial charge in [-0.3, -0.25) is 0 Å². The van der Waals surface area contributed by atoms with Crippen molar-refractivity contribution in [3.05, 3.63) is 229 Å². The van der Waals surface area contributed by atoms with Crippen LogP contribution >= 0.6 is 0 Å². The van der Waals surface area contributed by atoms with E-state index in [9.17, 15) is 0 Å². The van der Waals surface area contributed by atoms with E-state index in [0.29, 0.717) is 0 Å². The van der Waals surface area contributed by atoms with Gasteiger partial charge in [0.2, 0.25) is 0 Å². The first-order chi connectivity index (χ1) is 30.2. The van der Waals surface area contributed by atoms with Crippen LogP contribution in [0.25, 0.3) is 120 Å². The van der Waals surface area contributed by atoms with Crippen LogP contribution in [0.15, 0.2) is 206 Å². The summed E-state index contributed by atoms with van der Waals surface area (Å²) in [7, 11) is 0. The fourth-order valence-electron chi connectivity index (χ4n) is 12.2. The van der Waals surface area contributed by atoms with Crippen molar-refractivity contribution in [3.63, 3.8) is 0 Å². The molecule has 0 N–H and O–H groups in total. The van der Waals surface area contributed by atoms with E-state index in [1.165, 1.54) is 142 Å². The number of hydrogen-bond acceptors (Lipinski definition) is 0. The van der Waals surface area contributed by atoms with Gasteiger partial charge in [0.1, 0.15) is 0 Å². The molecular weight excluding hydrogens is 733 g/mol. The van der Waals surface area contributed by atoms with Crippen LogP contribution in [0.5, 0.6) is 0 Å². The summed E-state index contributed by atoms with van der Waals surface area (Å²) < 4.78 is 0. The molecule has 0 aromatic heterocycles. The summed E-state index contributed by atoms with van der Waals surface area (Å²) in [6.45, 7) is 0. The van der Waals surface area contributed by atoms with Crippen LogP contribution in [-0.4, -0.2) is 0 Å². The standard InChI is InChI=1S/C61H34/c1-3-13-53-48(11-1)49-12-2-4-14-54(49)61(53)55-34-42(46-26-21-39-16-15-37-9-6-10-38-22-29-51(46)59(39)57(37)38)24-28-50(55)52-30-25-41-31-40(23-27-47(41)60(52)61)45-32-43-19-17-35-7-5-8-36-18-20-44(33-45)58(43)56(35)36/h1-34H. The predicted molar refractivity (Wildman–Crippen MR) is 259 cm³/mol. The molecule has 0 atom stereocenters. The highest BCUT2D eigenvalue weighted by Crippen LogP contribution is 2.64. The molecule has 0 bridgehead atoms. The average molecular weight is 767 g/mol. The second-order valence-corrected chi connectivity index (χ2v) is 17.5. The van der Waals surface area contributed by atoms with Crippen molar-refractivity contribution >= 4 is 75.4 Å². The van der Waals surface area contributed by atoms with Crippen molar-refractivity contribution in [1.29, 1.82) is 0 Å². The zero-order valence-electron chi connectivity index (χ0n) is 33.1. The molecular formula is C61H34. The number of rotatable bonds is 2. The van der Waals surface area contributed by atoms with Crippen LogP contribution in [0.1, 0.15) is 22.3 Å². The van der Waals surface area contributed by atoms with Crippen LogP contribution in [-0.2, 0) is 5.41 Å². The zero-order valence-corrected chi connectivity index (χ0v) is 33.1. The molecule has 0 radical (unpaired) electrons. The monoisotopic (exact) mass is 766 g/mol. The summed E-state index contributed by atoms with van der Waals surface area (Å²) in [5.74, 6) is 0. The van der Waals surface area contributed by atoms with E-state index >= 15 is 0 Å². The maximum Gasteiger partial charge on any atom is 0.0731 e. The highest BCUT2D eigenvalue weighted by Gasteiger charge is 2.52. The van der Waals surface area contributed by atoms with Gasteiger partial charge in [0.15, 0.2) is 0 Å². The summed E-state index contributed by atoms with van der Waals surface area (Å²) in [5, 5.41) is 18.4. The zero-order chi connectivity index (χ0) is 39.6. The Balaban J connectivity index is 0.980. The van der Waals surface area contributed by atoms with Crippen molar-refractivity contribution in [2.75, 3.05) is 0 Å². The Hall–Kier alpha value is -7.80. The lowest BCUT2D eigenvalue weighted by molar-refractivity contribution is 0.801. The largest absolute Gasteiger partial charge is 0.0731 e. The molecule has 0 heteroatoms. The van der Waals surface area contributed by atoms with Crippen molar-refractivity contribution in [2.24, 2.45) is 0 Å². The van der Waals surface area contributed by atoms with Gasteiger partial charge in [-0.15, -0.1) is 0 Å². The van der Waals surface area contributed by atoms with Crippen molar-refractivity contribution in [2.45, 2.75) is 5.41 Å². The highest BCUT2D eigenvalue weighted by molar-refractivity contribution is 6.26. The molecule has 2 aliphatic rings. The normalized spacial score (nSPS) is 13.7. The van der Waals surface area contributed by atoms with Gasteiger partial charge in [0.25, 0.3) is 0 Å². The van der Waals surface area contributed by atoms with Gasteiger partial charge in [-0.05, 0) is 166 Å². The Bertz CT molecular complexity index is 3920. The van der Waals surface area contributed by atoms with Gasteiger partial charge in [-0.2, -0.15) is 0 Å². The molecule has 61 heavy (non-hydrogen) atoms. The minimum absolute atomic E-state index is 0.477. The summed E-state index contributed by atoms with van der Waals surface area (Å²) in [6, 6.07) is 78.8. The molecule has 0 heterocycles. The lowest BCUT2D eigenvalue weighted by atomic mass is 9.69. The van der Waals surface area contributed by atoms with Crippen LogP contribution in [0.4, 0.5) is 0 Å². The summed E-state index contributed by atoms with van der Waals surface area (Å²) in [6.07, 6.45) is 0. The fourth-order valence-corrected chi connectivity index (χ4v) is 12.2. The molecule has 0 nitrogen and oxygen atoms in total. The topological polar surface area (TPSA) is 0 Å². The molecule has 2 aliphatic carbocycles. The Morgan fingerprint density at radius 1 is 0.230 bits per heavy atom. The first kappa shape index (κ1) is 32.1. The van der Waals surface area contributed by atoms with Gasteiger partial charge < -0.3 is 0 Å². The minimum Gasteiger partial charge on any atom is -0.0619 e. The van der Waals surface area contributed by atoms with Crippen LogP contribution < -0.4 is 0 Å². The van der Waals surface area contributed by atoms with Gasteiger partial charge in [0, 0.05) is 0 Å². The van der Waals surface area contributed by atoms with Crippen molar-refractivity contribution in [3.8, 4) is 44.5 Å². The lowest BCUT2D eigenvalue weighted by Crippen LogP contribution is -2.26. The second-order valence-electron chi connectivity index (χ2n) is 17.5. The van der Waals surface area contributed by atoms with Crippen LogP contribution in [0, 0.1) is 0 Å². The summed E-state index contributed by atoms with van der Waals surface area (Å²) in [5.41, 5.74) is 15.3. The third kappa shape index (κ3) is 3.96. The number of hydrogen-bond donors (Lipinski definition) is 0. The van der Waals surface area contributed by atoms with E-state index < -0.39 is 5.41 Å². The maximum atomic E-state index is 2.55. The maximum absolute atomic E-state index is 2.55. The van der Waals surface area contributed by atoms with Gasteiger partial charge >= 0.3 is 0 Å². The molecule has 0 amide bonds. The Morgan fingerprint density at radius 2 is 0.689 bits per heavy atom. The van der Waals surface area contributed by atoms with Crippen molar-refractivity contribution < 1.29 is 0 Å². The summed E-state index contributed by atoms with van der Waals surface area (Å²) in [4.78, 5) is 0. The third-order valence-electron chi connectivity index (χ3n) is 14.7. The van der Waals surface area contributed by atoms with Gasteiger partial charge in [-0.25, -0.2) is 0 Å². The van der Waals surface area contributed by atoms with E-state index in [4.69, 9.17) is 0 Å². The molecule has 0 fully saturated rings. The van der Waals surface area contributed by atoms with E-state index in [1.807, 2.05) is 0 Å². The molecule has 13 aromatic rings. The molecule has 15 rings (SSSR count). The Kier molecular flexibility index (Phi) is 5.93. The lowest BCUT2D eigenvalue weighted by Gasteiger charge is -2.32. The minimum atomic E-state index is -0.477. The van der Waals surface area contributed by atoms with E-state index in [2.05, 4.69) is 206 Å². The molecule has 0 saturated carbocycles. The van der Waals surface area contributed by atoms with Crippen LogP contribution in [0.2, 0.25) is 0 Å². The number of benzene rings is 13.